The molecule has 0 unspecified atom stereocenters. The molecule has 0 saturated carbocycles. The molecule has 11 heavy (non-hydrogen) atoms. The van der Waals surface area contributed by atoms with Crippen LogP contribution in [0, 0.1) is 11.3 Å². The van der Waals surface area contributed by atoms with Crippen LogP contribution < -0.4 is 0 Å². The zero-order chi connectivity index (χ0) is 9.07. The lowest BCUT2D eigenvalue weighted by molar-refractivity contribution is 0.253. The molecule has 1 heteroatoms. The molecular formula is C10H19Cl. The number of hydrogen-bond acceptors (Lipinski definition) is 0. The van der Waals surface area contributed by atoms with Crippen LogP contribution in [0.4, 0.5) is 0 Å². The zero-order valence-corrected chi connectivity index (χ0v) is 9.00. The Morgan fingerprint density at radius 1 is 1.45 bits per heavy atom. The molecule has 0 saturated heterocycles. The largest absolute Gasteiger partial charge is 0.0898 e. The van der Waals surface area contributed by atoms with Crippen LogP contribution in [0.5, 0.6) is 0 Å². The van der Waals surface area contributed by atoms with E-state index in [1.54, 1.807) is 0 Å². The van der Waals surface area contributed by atoms with Gasteiger partial charge in [-0.2, -0.15) is 0 Å². The van der Waals surface area contributed by atoms with Crippen molar-refractivity contribution in [3.63, 3.8) is 0 Å². The van der Waals surface area contributed by atoms with Gasteiger partial charge in [0.1, 0.15) is 0 Å². The summed E-state index contributed by atoms with van der Waals surface area (Å²) >= 11 is 5.75. The first-order valence-corrected chi connectivity index (χ1v) is 4.56. The van der Waals surface area contributed by atoms with Gasteiger partial charge in [0.15, 0.2) is 0 Å². The van der Waals surface area contributed by atoms with Crippen molar-refractivity contribution in [3.8, 4) is 0 Å². The Hall–Kier alpha value is 0.0300. The van der Waals surface area contributed by atoms with E-state index in [-0.39, 0.29) is 0 Å². The van der Waals surface area contributed by atoms with Crippen molar-refractivity contribution >= 4 is 11.6 Å². The van der Waals surface area contributed by atoms with Crippen molar-refractivity contribution in [2.24, 2.45) is 11.3 Å². The molecule has 0 aromatic carbocycles. The minimum atomic E-state index is 0.371. The van der Waals surface area contributed by atoms with Gasteiger partial charge < -0.3 is 0 Å². The van der Waals surface area contributed by atoms with Crippen LogP contribution in [0.25, 0.3) is 0 Å². The van der Waals surface area contributed by atoms with Crippen LogP contribution in [0.15, 0.2) is 11.1 Å². The van der Waals surface area contributed by atoms with E-state index in [1.165, 1.54) is 0 Å². The molecule has 0 aromatic heterocycles. The van der Waals surface area contributed by atoms with Crippen LogP contribution >= 0.6 is 11.6 Å². The fraction of sp³-hybridized carbons (Fsp3) is 0.800. The summed E-state index contributed by atoms with van der Waals surface area (Å²) in [5.74, 6) is 0.703. The molecule has 0 nitrogen and oxygen atoms in total. The Morgan fingerprint density at radius 2 is 1.91 bits per heavy atom. The SMILES string of the molecule is C/C(Cl)=C\CC(C)(C)C(C)C. The van der Waals surface area contributed by atoms with E-state index in [4.69, 9.17) is 11.6 Å². The topological polar surface area (TPSA) is 0 Å². The summed E-state index contributed by atoms with van der Waals surface area (Å²) in [6, 6.07) is 0. The fourth-order valence-electron chi connectivity index (χ4n) is 0.639. The van der Waals surface area contributed by atoms with Crippen molar-refractivity contribution in [1.82, 2.24) is 0 Å². The molecule has 0 bridgehead atoms. The highest BCUT2D eigenvalue weighted by atomic mass is 35.5. The maximum absolute atomic E-state index is 5.75. The van der Waals surface area contributed by atoms with Crippen LogP contribution in [-0.2, 0) is 0 Å². The molecule has 0 aliphatic heterocycles. The molecule has 0 spiro atoms. The van der Waals surface area contributed by atoms with Crippen LogP contribution in [0.1, 0.15) is 41.0 Å². The summed E-state index contributed by atoms with van der Waals surface area (Å²) in [6.45, 7) is 11.0. The Balaban J connectivity index is 4.03. The average Bonchev–Trinajstić information content (AvgIpc) is 1.84. The normalized spacial score (nSPS) is 14.3. The molecule has 0 heterocycles. The molecule has 0 atom stereocenters. The standard InChI is InChI=1S/C10H19Cl/c1-8(2)10(4,5)7-6-9(3)11/h6,8H,7H2,1-5H3/b9-6+. The Bertz CT molecular complexity index is 139. The molecular weight excluding hydrogens is 156 g/mol. The first-order chi connectivity index (χ1) is 4.86. The van der Waals surface area contributed by atoms with E-state index in [0.717, 1.165) is 11.5 Å². The number of halogens is 1. The zero-order valence-electron chi connectivity index (χ0n) is 8.24. The van der Waals surface area contributed by atoms with Gasteiger partial charge in [0.2, 0.25) is 0 Å². The number of allylic oxidation sites excluding steroid dienone is 2. The van der Waals surface area contributed by atoms with Crippen molar-refractivity contribution in [2.45, 2.75) is 41.0 Å². The second kappa shape index (κ2) is 4.15. The van der Waals surface area contributed by atoms with Gasteiger partial charge in [0.05, 0.1) is 0 Å². The van der Waals surface area contributed by atoms with Gasteiger partial charge in [-0.15, -0.1) is 0 Å². The molecule has 0 rings (SSSR count). The third-order valence-electron chi connectivity index (χ3n) is 2.47. The summed E-state index contributed by atoms with van der Waals surface area (Å²) in [4.78, 5) is 0. The lowest BCUT2D eigenvalue weighted by Gasteiger charge is -2.27. The van der Waals surface area contributed by atoms with Gasteiger partial charge in [-0.25, -0.2) is 0 Å². The number of hydrogen-bond donors (Lipinski definition) is 0. The molecule has 0 fully saturated rings. The summed E-state index contributed by atoms with van der Waals surface area (Å²) in [5.41, 5.74) is 0.371. The minimum absolute atomic E-state index is 0.371. The van der Waals surface area contributed by atoms with Gasteiger partial charge in [-0.05, 0) is 24.7 Å². The Morgan fingerprint density at radius 3 is 2.18 bits per heavy atom. The van der Waals surface area contributed by atoms with E-state index in [2.05, 4.69) is 33.8 Å². The van der Waals surface area contributed by atoms with Gasteiger partial charge in [0, 0.05) is 5.03 Å². The molecule has 0 amide bonds. The smallest absolute Gasteiger partial charge is 0.0110 e. The number of rotatable bonds is 3. The van der Waals surface area contributed by atoms with E-state index in [0.29, 0.717) is 11.3 Å². The Kier molecular flexibility index (Phi) is 4.17. The summed E-state index contributed by atoms with van der Waals surface area (Å²) < 4.78 is 0. The van der Waals surface area contributed by atoms with Crippen molar-refractivity contribution in [3.05, 3.63) is 11.1 Å². The van der Waals surface area contributed by atoms with Gasteiger partial charge in [-0.3, -0.25) is 0 Å². The Labute approximate surface area is 75.6 Å². The molecule has 0 aliphatic rings. The van der Waals surface area contributed by atoms with E-state index in [9.17, 15) is 0 Å². The van der Waals surface area contributed by atoms with Crippen LogP contribution in [0.2, 0.25) is 0 Å². The predicted molar refractivity (Wildman–Crippen MR) is 52.8 cm³/mol. The summed E-state index contributed by atoms with van der Waals surface area (Å²) in [7, 11) is 0. The maximum atomic E-state index is 5.75. The molecule has 0 N–H and O–H groups in total. The fourth-order valence-corrected chi connectivity index (χ4v) is 0.717. The first-order valence-electron chi connectivity index (χ1n) is 4.18. The second-order valence-corrected chi connectivity index (χ2v) is 4.73. The monoisotopic (exact) mass is 174 g/mol. The highest BCUT2D eigenvalue weighted by Gasteiger charge is 2.20. The molecule has 66 valence electrons. The van der Waals surface area contributed by atoms with Gasteiger partial charge >= 0.3 is 0 Å². The van der Waals surface area contributed by atoms with Gasteiger partial charge in [-0.1, -0.05) is 45.4 Å². The average molecular weight is 175 g/mol. The third-order valence-corrected chi connectivity index (χ3v) is 2.63. The van der Waals surface area contributed by atoms with E-state index in [1.807, 2.05) is 6.92 Å². The van der Waals surface area contributed by atoms with E-state index < -0.39 is 0 Å². The molecule has 0 aliphatic carbocycles. The highest BCUT2D eigenvalue weighted by Crippen LogP contribution is 2.30. The van der Waals surface area contributed by atoms with Crippen molar-refractivity contribution in [2.75, 3.05) is 0 Å². The maximum Gasteiger partial charge on any atom is 0.0110 e. The summed E-state index contributed by atoms with van der Waals surface area (Å²) in [6.07, 6.45) is 3.17. The van der Waals surface area contributed by atoms with Gasteiger partial charge in [0.25, 0.3) is 0 Å². The minimum Gasteiger partial charge on any atom is -0.0898 e. The highest BCUT2D eigenvalue weighted by molar-refractivity contribution is 6.29. The lowest BCUT2D eigenvalue weighted by Crippen LogP contribution is -2.17. The van der Waals surface area contributed by atoms with Crippen molar-refractivity contribution < 1.29 is 0 Å². The van der Waals surface area contributed by atoms with Crippen LogP contribution in [0.3, 0.4) is 0 Å². The molecule has 0 aromatic rings. The lowest BCUT2D eigenvalue weighted by atomic mass is 9.78. The first kappa shape index (κ1) is 11.0. The van der Waals surface area contributed by atoms with Crippen LogP contribution in [-0.4, -0.2) is 0 Å². The van der Waals surface area contributed by atoms with Crippen molar-refractivity contribution in [1.29, 1.82) is 0 Å². The van der Waals surface area contributed by atoms with E-state index >= 15 is 0 Å². The summed E-state index contributed by atoms with van der Waals surface area (Å²) in [5, 5.41) is 0.902. The molecule has 0 radical (unpaired) electrons. The third kappa shape index (κ3) is 4.47. The predicted octanol–water partition coefficient (Wildman–Crippen LogP) is 4.20. The second-order valence-electron chi connectivity index (χ2n) is 4.14. The quantitative estimate of drug-likeness (QED) is 0.602.